The minimum atomic E-state index is -0.486. The van der Waals surface area contributed by atoms with E-state index in [-0.39, 0.29) is 11.4 Å². The molecule has 0 atom stereocenters. The van der Waals surface area contributed by atoms with Gasteiger partial charge in [-0.25, -0.2) is 0 Å². The molecule has 0 spiro atoms. The molecule has 0 saturated carbocycles. The topological polar surface area (TPSA) is 88.2 Å². The third-order valence-electron chi connectivity index (χ3n) is 5.25. The van der Waals surface area contributed by atoms with Gasteiger partial charge in [0, 0.05) is 24.5 Å². The smallest absolute Gasteiger partial charge is 0.294 e. The van der Waals surface area contributed by atoms with Gasteiger partial charge in [0.15, 0.2) is 0 Å². The largest absolute Gasteiger partial charge is 0.490 e. The van der Waals surface area contributed by atoms with Gasteiger partial charge in [0.1, 0.15) is 18.9 Å². The van der Waals surface area contributed by atoms with Gasteiger partial charge in [0.05, 0.1) is 18.1 Å². The lowest BCUT2D eigenvalue weighted by Crippen LogP contribution is -2.36. The fraction of sp³-hybridized carbons (Fsp3) is 0.240. The van der Waals surface area contributed by atoms with E-state index in [1.54, 1.807) is 48.6 Å². The van der Waals surface area contributed by atoms with Gasteiger partial charge < -0.3 is 19.7 Å². The molecule has 34 heavy (non-hydrogen) atoms. The molecule has 1 N–H and O–H groups in total. The number of morpholine rings is 1. The van der Waals surface area contributed by atoms with Crippen molar-refractivity contribution in [3.05, 3.63) is 71.7 Å². The second kappa shape index (κ2) is 11.0. The number of thioether (sulfide) groups is 1. The first-order valence-electron chi connectivity index (χ1n) is 10.9. The molecule has 2 fully saturated rings. The number of hydrogen-bond donors (Lipinski definition) is 1. The van der Waals surface area contributed by atoms with Gasteiger partial charge in [-0.05, 0) is 59.8 Å². The van der Waals surface area contributed by atoms with Crippen molar-refractivity contribution >= 4 is 46.3 Å². The molecule has 176 valence electrons. The second-order valence-corrected chi connectivity index (χ2v) is 8.62. The van der Waals surface area contributed by atoms with Gasteiger partial charge in [0.25, 0.3) is 11.1 Å². The average Bonchev–Trinajstić information content (AvgIpc) is 3.12. The summed E-state index contributed by atoms with van der Waals surface area (Å²) in [6.07, 6.45) is 3.28. The number of rotatable bonds is 8. The molecule has 4 rings (SSSR count). The van der Waals surface area contributed by atoms with Gasteiger partial charge >= 0.3 is 0 Å². The number of hydrogen-bond acceptors (Lipinski definition) is 7. The third kappa shape index (κ3) is 5.86. The van der Waals surface area contributed by atoms with Crippen molar-refractivity contribution in [2.24, 2.45) is 0 Å². The predicted molar refractivity (Wildman–Crippen MR) is 133 cm³/mol. The summed E-state index contributed by atoms with van der Waals surface area (Å²) < 4.78 is 10.8. The number of ether oxygens (including phenoxy) is 2. The summed E-state index contributed by atoms with van der Waals surface area (Å²) in [5.41, 5.74) is 2.40. The maximum Gasteiger partial charge on any atom is 0.294 e. The molecule has 2 aliphatic heterocycles. The molecule has 2 aromatic carbocycles. The first-order valence-corrected chi connectivity index (χ1v) is 11.7. The Balaban J connectivity index is 1.34. The molecular weight excluding hydrogens is 454 g/mol. The number of amides is 3. The van der Waals surface area contributed by atoms with Gasteiger partial charge in [0.2, 0.25) is 5.91 Å². The molecule has 2 saturated heterocycles. The van der Waals surface area contributed by atoms with Crippen LogP contribution in [-0.2, 0) is 14.3 Å². The molecular formula is C25H25N3O5S. The molecule has 0 bridgehead atoms. The number of carbonyl (C=O) groups excluding carboxylic acids is 3. The number of imide groups is 1. The quantitative estimate of drug-likeness (QED) is 0.456. The molecule has 9 heteroatoms. The highest BCUT2D eigenvalue weighted by atomic mass is 32.2. The second-order valence-electron chi connectivity index (χ2n) is 7.63. The van der Waals surface area contributed by atoms with Crippen LogP contribution in [-0.4, -0.2) is 61.4 Å². The van der Waals surface area contributed by atoms with Gasteiger partial charge in [-0.1, -0.05) is 24.8 Å². The highest BCUT2D eigenvalue weighted by Gasteiger charge is 2.36. The third-order valence-corrected chi connectivity index (χ3v) is 6.16. The van der Waals surface area contributed by atoms with E-state index < -0.39 is 17.1 Å². The van der Waals surface area contributed by atoms with Crippen LogP contribution >= 0.6 is 11.8 Å². The van der Waals surface area contributed by atoms with E-state index >= 15 is 0 Å². The molecule has 0 aromatic heterocycles. The van der Waals surface area contributed by atoms with Crippen LogP contribution in [0.15, 0.2) is 66.1 Å². The van der Waals surface area contributed by atoms with Crippen LogP contribution in [0.2, 0.25) is 0 Å². The fourth-order valence-electron chi connectivity index (χ4n) is 3.52. The van der Waals surface area contributed by atoms with Gasteiger partial charge in [-0.3, -0.25) is 19.3 Å². The summed E-state index contributed by atoms with van der Waals surface area (Å²) in [6, 6.07) is 14.6. The average molecular weight is 480 g/mol. The SMILES string of the molecule is C=CCOc1ccc(/C=C2\SC(=O)N(CC(=O)Nc3ccc(N4CCOCC4)cc3)C2=O)cc1. The Morgan fingerprint density at radius 3 is 2.47 bits per heavy atom. The van der Waals surface area contributed by atoms with Crippen molar-refractivity contribution < 1.29 is 23.9 Å². The fourth-order valence-corrected chi connectivity index (χ4v) is 4.36. The highest BCUT2D eigenvalue weighted by Crippen LogP contribution is 2.32. The van der Waals surface area contributed by atoms with Crippen LogP contribution < -0.4 is 15.0 Å². The van der Waals surface area contributed by atoms with Crippen LogP contribution in [0.1, 0.15) is 5.56 Å². The number of nitrogens with zero attached hydrogens (tertiary/aromatic N) is 2. The molecule has 2 aliphatic rings. The lowest BCUT2D eigenvalue weighted by atomic mass is 10.2. The van der Waals surface area contributed by atoms with Crippen molar-refractivity contribution in [2.75, 3.05) is 49.7 Å². The van der Waals surface area contributed by atoms with Crippen molar-refractivity contribution in [3.8, 4) is 5.75 Å². The number of nitrogens with one attached hydrogen (secondary N) is 1. The zero-order chi connectivity index (χ0) is 23.9. The van der Waals surface area contributed by atoms with Crippen molar-refractivity contribution in [2.45, 2.75) is 0 Å². The van der Waals surface area contributed by atoms with Crippen LogP contribution in [0.4, 0.5) is 16.2 Å². The molecule has 2 aromatic rings. The summed E-state index contributed by atoms with van der Waals surface area (Å²) in [5, 5.41) is 2.28. The van der Waals surface area contributed by atoms with Crippen molar-refractivity contribution in [1.82, 2.24) is 4.90 Å². The maximum absolute atomic E-state index is 12.7. The van der Waals surface area contributed by atoms with E-state index in [4.69, 9.17) is 9.47 Å². The molecule has 0 radical (unpaired) electrons. The summed E-state index contributed by atoms with van der Waals surface area (Å²) in [6.45, 7) is 6.70. The Bertz CT molecular complexity index is 1090. The van der Waals surface area contributed by atoms with Crippen LogP contribution in [0.3, 0.4) is 0 Å². The molecule has 0 unspecified atom stereocenters. The van der Waals surface area contributed by atoms with E-state index in [0.29, 0.717) is 31.3 Å². The van der Waals surface area contributed by atoms with Crippen LogP contribution in [0, 0.1) is 0 Å². The van der Waals surface area contributed by atoms with E-state index in [1.807, 2.05) is 12.1 Å². The van der Waals surface area contributed by atoms with Gasteiger partial charge in [-0.15, -0.1) is 0 Å². The molecule has 0 aliphatic carbocycles. The highest BCUT2D eigenvalue weighted by molar-refractivity contribution is 8.18. The lowest BCUT2D eigenvalue weighted by molar-refractivity contribution is -0.127. The molecule has 3 amide bonds. The molecule has 8 nitrogen and oxygen atoms in total. The number of carbonyl (C=O) groups is 3. The number of benzene rings is 2. The van der Waals surface area contributed by atoms with E-state index in [1.165, 1.54) is 0 Å². The van der Waals surface area contributed by atoms with Crippen LogP contribution in [0.5, 0.6) is 5.75 Å². The monoisotopic (exact) mass is 479 g/mol. The zero-order valence-electron chi connectivity index (χ0n) is 18.6. The van der Waals surface area contributed by atoms with E-state index in [9.17, 15) is 14.4 Å². The normalized spacial score (nSPS) is 17.2. The first-order chi connectivity index (χ1) is 16.5. The molecule has 2 heterocycles. The van der Waals surface area contributed by atoms with Gasteiger partial charge in [-0.2, -0.15) is 0 Å². The maximum atomic E-state index is 12.7. The minimum Gasteiger partial charge on any atom is -0.490 e. The van der Waals surface area contributed by atoms with E-state index in [2.05, 4.69) is 16.8 Å². The lowest BCUT2D eigenvalue weighted by Gasteiger charge is -2.28. The summed E-state index contributed by atoms with van der Waals surface area (Å²) in [7, 11) is 0. The summed E-state index contributed by atoms with van der Waals surface area (Å²) >= 11 is 0.819. The van der Waals surface area contributed by atoms with E-state index in [0.717, 1.165) is 41.0 Å². The predicted octanol–water partition coefficient (Wildman–Crippen LogP) is 3.76. The Kier molecular flexibility index (Phi) is 7.66. The number of anilines is 2. The first kappa shape index (κ1) is 23.6. The Morgan fingerprint density at radius 2 is 1.79 bits per heavy atom. The van der Waals surface area contributed by atoms with Crippen molar-refractivity contribution in [1.29, 1.82) is 0 Å². The minimum absolute atomic E-state index is 0.271. The standard InChI is InChI=1S/C25H25N3O5S/c1-2-13-33-21-9-3-18(4-10-21)16-22-24(30)28(25(31)34-22)17-23(29)26-19-5-7-20(8-6-19)27-11-14-32-15-12-27/h2-10,16H,1,11-15,17H2,(H,26,29)/b22-16-. The summed E-state index contributed by atoms with van der Waals surface area (Å²) in [4.78, 5) is 41.0. The Hall–Kier alpha value is -3.56. The van der Waals surface area contributed by atoms with Crippen molar-refractivity contribution in [3.63, 3.8) is 0 Å². The van der Waals surface area contributed by atoms with Crippen LogP contribution in [0.25, 0.3) is 6.08 Å². The zero-order valence-corrected chi connectivity index (χ0v) is 19.4. The Morgan fingerprint density at radius 1 is 1.09 bits per heavy atom. The summed E-state index contributed by atoms with van der Waals surface area (Å²) in [5.74, 6) is -0.244. The Labute approximate surface area is 202 Å².